The summed E-state index contributed by atoms with van der Waals surface area (Å²) in [4.78, 5) is 11.9. The van der Waals surface area contributed by atoms with Gasteiger partial charge in [-0.05, 0) is 44.3 Å². The monoisotopic (exact) mass is 241 g/mol. The average Bonchev–Trinajstić information content (AvgIpc) is 2.63. The van der Waals surface area contributed by atoms with Crippen molar-refractivity contribution in [2.24, 2.45) is 0 Å². The maximum atomic E-state index is 11.9. The van der Waals surface area contributed by atoms with E-state index in [-0.39, 0.29) is 12.1 Å². The molecule has 2 aliphatic rings. The van der Waals surface area contributed by atoms with Gasteiger partial charge in [-0.15, -0.1) is 0 Å². The minimum absolute atomic E-state index is 0.111. The normalized spacial score (nSPS) is 24.0. The number of carbonyl (C=O) groups excluding carboxylic acids is 1. The summed E-state index contributed by atoms with van der Waals surface area (Å²) >= 11 is 6.11. The van der Waals surface area contributed by atoms with E-state index < -0.39 is 5.50 Å². The molecule has 0 radical (unpaired) electrons. The predicted octanol–water partition coefficient (Wildman–Crippen LogP) is 2.47. The van der Waals surface area contributed by atoms with Crippen LogP contribution in [-0.2, 0) is 9.53 Å². The standard InChI is InChI=1S/C12H16ClNO2/c1-7(2)16-12(15)10-9-5-3-4-8(9)6-14-11(10)13/h6-7,11,14H,3-5H2,1-2H3. The molecule has 1 aliphatic heterocycles. The Morgan fingerprint density at radius 1 is 1.56 bits per heavy atom. The molecule has 0 aromatic rings. The quantitative estimate of drug-likeness (QED) is 0.459. The Balaban J connectivity index is 2.28. The van der Waals surface area contributed by atoms with Crippen molar-refractivity contribution >= 4 is 17.6 Å². The highest BCUT2D eigenvalue weighted by Gasteiger charge is 2.31. The van der Waals surface area contributed by atoms with Crippen LogP contribution in [0.15, 0.2) is 22.9 Å². The molecule has 1 unspecified atom stereocenters. The van der Waals surface area contributed by atoms with Crippen LogP contribution in [0.1, 0.15) is 33.1 Å². The zero-order valence-electron chi connectivity index (χ0n) is 9.55. The number of dihydropyridines is 1. The number of ether oxygens (including phenoxy) is 1. The number of hydrogen-bond donors (Lipinski definition) is 1. The topological polar surface area (TPSA) is 38.3 Å². The lowest BCUT2D eigenvalue weighted by atomic mass is 10.0. The van der Waals surface area contributed by atoms with Crippen LogP contribution in [0.25, 0.3) is 0 Å². The van der Waals surface area contributed by atoms with Crippen LogP contribution in [0.3, 0.4) is 0 Å². The lowest BCUT2D eigenvalue weighted by Crippen LogP contribution is -2.31. The Morgan fingerprint density at radius 3 is 3.00 bits per heavy atom. The Hall–Kier alpha value is -0.960. The molecule has 1 N–H and O–H groups in total. The third-order valence-electron chi connectivity index (χ3n) is 2.81. The van der Waals surface area contributed by atoms with E-state index >= 15 is 0 Å². The minimum Gasteiger partial charge on any atom is -0.460 e. The molecule has 16 heavy (non-hydrogen) atoms. The van der Waals surface area contributed by atoms with Crippen LogP contribution in [0.2, 0.25) is 0 Å². The molecular formula is C12H16ClNO2. The summed E-state index contributed by atoms with van der Waals surface area (Å²) in [5.41, 5.74) is 2.44. The molecule has 0 amide bonds. The molecule has 1 fully saturated rings. The fourth-order valence-corrected chi connectivity index (χ4v) is 2.43. The van der Waals surface area contributed by atoms with E-state index in [0.29, 0.717) is 5.57 Å². The highest BCUT2D eigenvalue weighted by molar-refractivity contribution is 6.25. The number of carbonyl (C=O) groups is 1. The van der Waals surface area contributed by atoms with Crippen LogP contribution >= 0.6 is 11.6 Å². The van der Waals surface area contributed by atoms with Crippen molar-refractivity contribution in [1.82, 2.24) is 5.32 Å². The number of nitrogens with one attached hydrogen (secondary N) is 1. The second-order valence-corrected chi connectivity index (χ2v) is 4.84. The van der Waals surface area contributed by atoms with Gasteiger partial charge in [-0.3, -0.25) is 0 Å². The molecule has 1 saturated carbocycles. The highest BCUT2D eigenvalue weighted by Crippen LogP contribution is 2.37. The Bertz CT molecular complexity index is 371. The minimum atomic E-state index is -0.455. The zero-order chi connectivity index (χ0) is 11.7. The molecule has 0 aromatic carbocycles. The molecule has 3 nitrogen and oxygen atoms in total. The summed E-state index contributed by atoms with van der Waals surface area (Å²) in [6, 6.07) is 0. The van der Waals surface area contributed by atoms with Crippen LogP contribution in [0.5, 0.6) is 0 Å². The van der Waals surface area contributed by atoms with Gasteiger partial charge < -0.3 is 10.1 Å². The maximum Gasteiger partial charge on any atom is 0.337 e. The summed E-state index contributed by atoms with van der Waals surface area (Å²) < 4.78 is 5.22. The Morgan fingerprint density at radius 2 is 2.31 bits per heavy atom. The summed E-state index contributed by atoms with van der Waals surface area (Å²) in [5.74, 6) is -0.287. The van der Waals surface area contributed by atoms with Gasteiger partial charge in [0, 0.05) is 6.20 Å². The van der Waals surface area contributed by atoms with E-state index in [2.05, 4.69) is 5.32 Å². The van der Waals surface area contributed by atoms with Gasteiger partial charge in [0.1, 0.15) is 5.50 Å². The molecule has 0 bridgehead atoms. The van der Waals surface area contributed by atoms with Crippen LogP contribution in [0.4, 0.5) is 0 Å². The number of fused-ring (bicyclic) bond motifs is 1. The molecule has 2 rings (SSSR count). The first-order chi connectivity index (χ1) is 7.59. The van der Waals surface area contributed by atoms with Crippen LogP contribution in [0, 0.1) is 0 Å². The van der Waals surface area contributed by atoms with Gasteiger partial charge in [0.2, 0.25) is 0 Å². The van der Waals surface area contributed by atoms with Crippen LogP contribution in [-0.4, -0.2) is 17.6 Å². The lowest BCUT2D eigenvalue weighted by Gasteiger charge is -2.22. The number of esters is 1. The summed E-state index contributed by atoms with van der Waals surface area (Å²) in [6.07, 6.45) is 4.85. The zero-order valence-corrected chi connectivity index (χ0v) is 10.3. The number of halogens is 1. The molecule has 1 aliphatic carbocycles. The van der Waals surface area contributed by atoms with E-state index in [1.54, 1.807) is 0 Å². The first kappa shape index (κ1) is 11.5. The third-order valence-corrected chi connectivity index (χ3v) is 3.15. The van der Waals surface area contributed by atoms with E-state index in [4.69, 9.17) is 16.3 Å². The van der Waals surface area contributed by atoms with E-state index in [9.17, 15) is 4.79 Å². The van der Waals surface area contributed by atoms with E-state index in [0.717, 1.165) is 24.8 Å². The van der Waals surface area contributed by atoms with Gasteiger partial charge in [0.05, 0.1) is 11.7 Å². The van der Waals surface area contributed by atoms with Gasteiger partial charge in [-0.2, -0.15) is 0 Å². The molecule has 1 heterocycles. The SMILES string of the molecule is CC(C)OC(=O)C1=C2CCCC2=CNC1Cl. The molecular weight excluding hydrogens is 226 g/mol. The fourth-order valence-electron chi connectivity index (χ4n) is 2.15. The maximum absolute atomic E-state index is 11.9. The number of hydrogen-bond acceptors (Lipinski definition) is 3. The molecule has 1 atom stereocenters. The molecule has 0 saturated heterocycles. The molecule has 4 heteroatoms. The second-order valence-electron chi connectivity index (χ2n) is 4.40. The third kappa shape index (κ3) is 2.09. The average molecular weight is 242 g/mol. The summed E-state index contributed by atoms with van der Waals surface area (Å²) in [6.45, 7) is 3.68. The molecule has 0 spiro atoms. The summed E-state index contributed by atoms with van der Waals surface area (Å²) in [5, 5.41) is 3.00. The van der Waals surface area contributed by atoms with Crippen molar-refractivity contribution in [3.05, 3.63) is 22.9 Å². The molecule has 0 aromatic heterocycles. The van der Waals surface area contributed by atoms with Crippen molar-refractivity contribution in [3.8, 4) is 0 Å². The Labute approximate surface area is 100 Å². The van der Waals surface area contributed by atoms with Crippen molar-refractivity contribution < 1.29 is 9.53 Å². The number of rotatable bonds is 2. The van der Waals surface area contributed by atoms with Gasteiger partial charge in [0.15, 0.2) is 0 Å². The number of allylic oxidation sites excluding steroid dienone is 2. The van der Waals surface area contributed by atoms with E-state index in [1.165, 1.54) is 5.57 Å². The van der Waals surface area contributed by atoms with Gasteiger partial charge in [-0.25, -0.2) is 4.79 Å². The highest BCUT2D eigenvalue weighted by atomic mass is 35.5. The first-order valence-corrected chi connectivity index (χ1v) is 6.07. The lowest BCUT2D eigenvalue weighted by molar-refractivity contribution is -0.142. The smallest absolute Gasteiger partial charge is 0.337 e. The first-order valence-electron chi connectivity index (χ1n) is 5.63. The molecule has 88 valence electrons. The van der Waals surface area contributed by atoms with Crippen molar-refractivity contribution in [2.45, 2.75) is 44.7 Å². The summed E-state index contributed by atoms with van der Waals surface area (Å²) in [7, 11) is 0. The van der Waals surface area contributed by atoms with Gasteiger partial charge >= 0.3 is 5.97 Å². The van der Waals surface area contributed by atoms with E-state index in [1.807, 2.05) is 20.0 Å². The second kappa shape index (κ2) is 4.50. The van der Waals surface area contributed by atoms with Crippen molar-refractivity contribution in [3.63, 3.8) is 0 Å². The predicted molar refractivity (Wildman–Crippen MR) is 63.0 cm³/mol. The Kier molecular flexibility index (Phi) is 3.24. The van der Waals surface area contributed by atoms with Gasteiger partial charge in [-0.1, -0.05) is 11.6 Å². The van der Waals surface area contributed by atoms with Gasteiger partial charge in [0.25, 0.3) is 0 Å². The largest absolute Gasteiger partial charge is 0.460 e. The van der Waals surface area contributed by atoms with Crippen LogP contribution < -0.4 is 5.32 Å². The fraction of sp³-hybridized carbons (Fsp3) is 0.583. The van der Waals surface area contributed by atoms with Crippen molar-refractivity contribution in [1.29, 1.82) is 0 Å². The number of alkyl halides is 1. The van der Waals surface area contributed by atoms with Crippen molar-refractivity contribution in [2.75, 3.05) is 0 Å².